The largest absolute Gasteiger partial charge is 0.307 e. The van der Waals surface area contributed by atoms with Gasteiger partial charge in [0.2, 0.25) is 0 Å². The zero-order chi connectivity index (χ0) is 17.2. The van der Waals surface area contributed by atoms with E-state index in [0.717, 1.165) is 44.8 Å². The highest BCUT2D eigenvalue weighted by atomic mass is 35.5. The Kier molecular flexibility index (Phi) is 5.23. The minimum atomic E-state index is 0.327. The van der Waals surface area contributed by atoms with E-state index in [2.05, 4.69) is 15.2 Å². The average Bonchev–Trinajstić information content (AvgIpc) is 2.65. The molecule has 0 spiro atoms. The molecule has 1 aromatic heterocycles. The molecule has 0 aliphatic carbocycles. The Bertz CT molecular complexity index is 759. The first-order valence-corrected chi connectivity index (χ1v) is 9.69. The zero-order valence-electron chi connectivity index (χ0n) is 14.1. The molecule has 25 heavy (non-hydrogen) atoms. The van der Waals surface area contributed by atoms with Crippen LogP contribution in [0.15, 0.2) is 24.4 Å². The molecule has 0 saturated carbocycles. The minimum absolute atomic E-state index is 0.327. The van der Waals surface area contributed by atoms with Gasteiger partial charge in [0, 0.05) is 43.5 Å². The predicted molar refractivity (Wildman–Crippen MR) is 101 cm³/mol. The van der Waals surface area contributed by atoms with Crippen molar-refractivity contribution in [2.24, 2.45) is 0 Å². The van der Waals surface area contributed by atoms with Crippen molar-refractivity contribution < 1.29 is 0 Å². The number of hydrogen-bond acceptors (Lipinski definition) is 4. The summed E-state index contributed by atoms with van der Waals surface area (Å²) in [6.45, 7) is 3.82. The van der Waals surface area contributed by atoms with Crippen molar-refractivity contribution in [3.8, 4) is 0 Å². The van der Waals surface area contributed by atoms with E-state index in [1.54, 1.807) is 0 Å². The van der Waals surface area contributed by atoms with Crippen LogP contribution in [0.2, 0.25) is 10.0 Å². The summed E-state index contributed by atoms with van der Waals surface area (Å²) in [5.74, 6) is 0.969. The minimum Gasteiger partial charge on any atom is -0.307 e. The number of benzene rings is 1. The molecule has 6 heteroatoms. The standard InChI is InChI=1S/C19H22Cl2N4/c20-15-5-4-13(9-16(15)21)11-25-8-6-17-14(12-25)10-23-19(24-17)18-3-1-2-7-22-18/h4-5,9-10,18,22H,1-3,6-8,11-12H2/t18-/m0/s1. The maximum Gasteiger partial charge on any atom is 0.145 e. The SMILES string of the molecule is Clc1ccc(CN2CCc3nc([C@@H]4CCCCN4)ncc3C2)cc1Cl. The molecule has 4 rings (SSSR count). The molecule has 2 aliphatic heterocycles. The van der Waals surface area contributed by atoms with E-state index >= 15 is 0 Å². The second kappa shape index (κ2) is 7.58. The van der Waals surface area contributed by atoms with Gasteiger partial charge in [-0.2, -0.15) is 0 Å². The molecule has 3 heterocycles. The molecule has 1 atom stereocenters. The second-order valence-electron chi connectivity index (χ2n) is 6.91. The first kappa shape index (κ1) is 17.2. The number of rotatable bonds is 3. The van der Waals surface area contributed by atoms with E-state index < -0.39 is 0 Å². The van der Waals surface area contributed by atoms with Gasteiger partial charge in [-0.15, -0.1) is 0 Å². The van der Waals surface area contributed by atoms with Gasteiger partial charge in [-0.25, -0.2) is 9.97 Å². The number of nitrogens with one attached hydrogen (secondary N) is 1. The van der Waals surface area contributed by atoms with Crippen molar-refractivity contribution in [3.05, 3.63) is 57.1 Å². The second-order valence-corrected chi connectivity index (χ2v) is 7.73. The van der Waals surface area contributed by atoms with Crippen molar-refractivity contribution in [1.82, 2.24) is 20.2 Å². The van der Waals surface area contributed by atoms with Gasteiger partial charge in [-0.1, -0.05) is 35.7 Å². The smallest absolute Gasteiger partial charge is 0.145 e. The molecule has 0 radical (unpaired) electrons. The molecule has 1 N–H and O–H groups in total. The Balaban J connectivity index is 1.45. The fraction of sp³-hybridized carbons (Fsp3) is 0.474. The van der Waals surface area contributed by atoms with Gasteiger partial charge in [0.15, 0.2) is 0 Å². The van der Waals surface area contributed by atoms with Crippen LogP contribution in [0.4, 0.5) is 0 Å². The monoisotopic (exact) mass is 376 g/mol. The van der Waals surface area contributed by atoms with Crippen molar-refractivity contribution in [3.63, 3.8) is 0 Å². The van der Waals surface area contributed by atoms with Gasteiger partial charge in [0.1, 0.15) is 5.82 Å². The summed E-state index contributed by atoms with van der Waals surface area (Å²) in [6.07, 6.45) is 6.65. The molecular weight excluding hydrogens is 355 g/mol. The quantitative estimate of drug-likeness (QED) is 0.872. The lowest BCUT2D eigenvalue weighted by Crippen LogP contribution is -2.33. The normalized spacial score (nSPS) is 21.1. The van der Waals surface area contributed by atoms with Gasteiger partial charge in [-0.05, 0) is 37.1 Å². The maximum absolute atomic E-state index is 6.13. The fourth-order valence-corrected chi connectivity index (χ4v) is 3.98. The lowest BCUT2D eigenvalue weighted by molar-refractivity contribution is 0.242. The van der Waals surface area contributed by atoms with Crippen LogP contribution in [0.25, 0.3) is 0 Å². The van der Waals surface area contributed by atoms with Crippen LogP contribution in [0.5, 0.6) is 0 Å². The highest BCUT2D eigenvalue weighted by Gasteiger charge is 2.22. The molecule has 2 aromatic rings. The molecule has 2 aliphatic rings. The zero-order valence-corrected chi connectivity index (χ0v) is 15.7. The molecule has 1 saturated heterocycles. The maximum atomic E-state index is 6.13. The Hall–Kier alpha value is -1.20. The van der Waals surface area contributed by atoms with Crippen LogP contribution >= 0.6 is 23.2 Å². The van der Waals surface area contributed by atoms with Crippen LogP contribution in [0.3, 0.4) is 0 Å². The first-order valence-electron chi connectivity index (χ1n) is 8.93. The van der Waals surface area contributed by atoms with Crippen molar-refractivity contribution in [1.29, 1.82) is 0 Å². The predicted octanol–water partition coefficient (Wildman–Crippen LogP) is 4.16. The molecule has 1 fully saturated rings. The summed E-state index contributed by atoms with van der Waals surface area (Å²) in [4.78, 5) is 11.9. The molecule has 0 amide bonds. The first-order chi connectivity index (χ1) is 12.2. The Morgan fingerprint density at radius 1 is 1.20 bits per heavy atom. The molecule has 4 nitrogen and oxygen atoms in total. The lowest BCUT2D eigenvalue weighted by Gasteiger charge is -2.29. The third kappa shape index (κ3) is 3.98. The van der Waals surface area contributed by atoms with Crippen molar-refractivity contribution >= 4 is 23.2 Å². The number of hydrogen-bond donors (Lipinski definition) is 1. The van der Waals surface area contributed by atoms with Gasteiger partial charge < -0.3 is 5.32 Å². The van der Waals surface area contributed by atoms with E-state index in [1.807, 2.05) is 24.4 Å². The van der Waals surface area contributed by atoms with Gasteiger partial charge in [0.05, 0.1) is 16.1 Å². The summed E-state index contributed by atoms with van der Waals surface area (Å²) in [6, 6.07) is 6.18. The summed E-state index contributed by atoms with van der Waals surface area (Å²) < 4.78 is 0. The third-order valence-electron chi connectivity index (χ3n) is 5.04. The van der Waals surface area contributed by atoms with Gasteiger partial charge >= 0.3 is 0 Å². The Labute approximate surface area is 158 Å². The number of piperidine rings is 1. The average molecular weight is 377 g/mol. The summed E-state index contributed by atoms with van der Waals surface area (Å²) in [7, 11) is 0. The summed E-state index contributed by atoms with van der Waals surface area (Å²) in [5, 5.41) is 4.75. The van der Waals surface area contributed by atoms with Gasteiger partial charge in [-0.3, -0.25) is 4.90 Å². The lowest BCUT2D eigenvalue weighted by atomic mass is 10.0. The number of nitrogens with zero attached hydrogens (tertiary/aromatic N) is 3. The third-order valence-corrected chi connectivity index (χ3v) is 5.78. The number of aromatic nitrogens is 2. The van der Waals surface area contributed by atoms with Crippen LogP contribution in [-0.4, -0.2) is 28.0 Å². The van der Waals surface area contributed by atoms with Crippen LogP contribution in [0.1, 0.15) is 47.9 Å². The van der Waals surface area contributed by atoms with E-state index in [0.29, 0.717) is 16.1 Å². The van der Waals surface area contributed by atoms with Crippen molar-refractivity contribution in [2.75, 3.05) is 13.1 Å². The highest BCUT2D eigenvalue weighted by molar-refractivity contribution is 6.42. The molecule has 1 aromatic carbocycles. The van der Waals surface area contributed by atoms with Crippen LogP contribution < -0.4 is 5.32 Å². The fourth-order valence-electron chi connectivity index (χ4n) is 3.66. The summed E-state index contributed by atoms with van der Waals surface area (Å²) >= 11 is 12.1. The Morgan fingerprint density at radius 3 is 2.92 bits per heavy atom. The molecular formula is C19H22Cl2N4. The van der Waals surface area contributed by atoms with Crippen LogP contribution in [0, 0.1) is 0 Å². The molecule has 132 valence electrons. The molecule has 0 bridgehead atoms. The van der Waals surface area contributed by atoms with Crippen LogP contribution in [-0.2, 0) is 19.5 Å². The topological polar surface area (TPSA) is 41.1 Å². The number of halogens is 2. The van der Waals surface area contributed by atoms with E-state index in [9.17, 15) is 0 Å². The number of fused-ring (bicyclic) bond motifs is 1. The van der Waals surface area contributed by atoms with Crippen molar-refractivity contribution in [2.45, 2.75) is 44.8 Å². The summed E-state index contributed by atoms with van der Waals surface area (Å²) in [5.41, 5.74) is 3.63. The van der Waals surface area contributed by atoms with E-state index in [1.165, 1.54) is 29.7 Å². The Morgan fingerprint density at radius 2 is 2.12 bits per heavy atom. The van der Waals surface area contributed by atoms with E-state index in [-0.39, 0.29) is 0 Å². The van der Waals surface area contributed by atoms with E-state index in [4.69, 9.17) is 28.2 Å². The van der Waals surface area contributed by atoms with Gasteiger partial charge in [0.25, 0.3) is 0 Å². The molecule has 0 unspecified atom stereocenters. The highest BCUT2D eigenvalue weighted by Crippen LogP contribution is 2.26.